The standard InChI is InChI=1S/C15H22O/c1-10(2)12-7-8-13(11(3)4)15-14(12)6-5-9-16-15/h7-8,10-11H,5-6,9H2,1-4H3. The lowest BCUT2D eigenvalue weighted by atomic mass is 9.88. The summed E-state index contributed by atoms with van der Waals surface area (Å²) in [4.78, 5) is 0. The van der Waals surface area contributed by atoms with Crippen molar-refractivity contribution >= 4 is 0 Å². The molecule has 1 aromatic carbocycles. The zero-order valence-electron chi connectivity index (χ0n) is 10.8. The molecule has 0 atom stereocenters. The Kier molecular flexibility index (Phi) is 3.22. The molecular formula is C15H22O. The van der Waals surface area contributed by atoms with E-state index >= 15 is 0 Å². The second kappa shape index (κ2) is 4.48. The Hall–Kier alpha value is -0.980. The Labute approximate surface area is 98.8 Å². The van der Waals surface area contributed by atoms with Gasteiger partial charge in [0, 0.05) is 0 Å². The van der Waals surface area contributed by atoms with E-state index in [0.717, 1.165) is 13.0 Å². The summed E-state index contributed by atoms with van der Waals surface area (Å²) in [6, 6.07) is 4.55. The summed E-state index contributed by atoms with van der Waals surface area (Å²) in [6.07, 6.45) is 2.34. The van der Waals surface area contributed by atoms with E-state index in [1.54, 1.807) is 0 Å². The first-order chi connectivity index (χ1) is 7.61. The quantitative estimate of drug-likeness (QED) is 0.720. The molecule has 0 radical (unpaired) electrons. The van der Waals surface area contributed by atoms with Crippen LogP contribution in [0.1, 0.15) is 62.6 Å². The third kappa shape index (κ3) is 1.95. The first kappa shape index (κ1) is 11.5. The van der Waals surface area contributed by atoms with Crippen molar-refractivity contribution in [3.8, 4) is 5.75 Å². The molecule has 0 N–H and O–H groups in total. The molecule has 0 saturated heterocycles. The summed E-state index contributed by atoms with van der Waals surface area (Å²) in [5, 5.41) is 0. The van der Waals surface area contributed by atoms with Gasteiger partial charge in [-0.2, -0.15) is 0 Å². The van der Waals surface area contributed by atoms with Gasteiger partial charge >= 0.3 is 0 Å². The molecule has 16 heavy (non-hydrogen) atoms. The summed E-state index contributed by atoms with van der Waals surface area (Å²) in [5.41, 5.74) is 4.31. The summed E-state index contributed by atoms with van der Waals surface area (Å²) in [5.74, 6) is 2.33. The molecule has 0 bridgehead atoms. The van der Waals surface area contributed by atoms with Crippen LogP contribution in [0.2, 0.25) is 0 Å². The predicted octanol–water partition coefficient (Wildman–Crippen LogP) is 4.26. The van der Waals surface area contributed by atoms with E-state index in [1.165, 1.54) is 28.9 Å². The summed E-state index contributed by atoms with van der Waals surface area (Å²) < 4.78 is 5.91. The number of fused-ring (bicyclic) bond motifs is 1. The largest absolute Gasteiger partial charge is 0.493 e. The maximum Gasteiger partial charge on any atom is 0.126 e. The number of hydrogen-bond acceptors (Lipinski definition) is 1. The van der Waals surface area contributed by atoms with E-state index in [2.05, 4.69) is 39.8 Å². The first-order valence-electron chi connectivity index (χ1n) is 6.39. The van der Waals surface area contributed by atoms with E-state index in [-0.39, 0.29) is 0 Å². The minimum Gasteiger partial charge on any atom is -0.493 e. The van der Waals surface area contributed by atoms with E-state index < -0.39 is 0 Å². The Morgan fingerprint density at radius 2 is 1.62 bits per heavy atom. The second-order valence-electron chi connectivity index (χ2n) is 5.31. The van der Waals surface area contributed by atoms with E-state index in [0.29, 0.717) is 11.8 Å². The van der Waals surface area contributed by atoms with Crippen LogP contribution < -0.4 is 4.74 Å². The van der Waals surface area contributed by atoms with Crippen molar-refractivity contribution in [2.24, 2.45) is 0 Å². The fourth-order valence-electron chi connectivity index (χ4n) is 2.51. The average Bonchev–Trinajstić information content (AvgIpc) is 2.27. The number of benzene rings is 1. The molecule has 1 aliphatic heterocycles. The van der Waals surface area contributed by atoms with Crippen molar-refractivity contribution in [1.82, 2.24) is 0 Å². The molecule has 0 unspecified atom stereocenters. The lowest BCUT2D eigenvalue weighted by Crippen LogP contribution is -2.13. The molecule has 1 aliphatic rings. The van der Waals surface area contributed by atoms with Crippen molar-refractivity contribution in [3.05, 3.63) is 28.8 Å². The molecule has 2 rings (SSSR count). The van der Waals surface area contributed by atoms with Gasteiger partial charge in [0.2, 0.25) is 0 Å². The van der Waals surface area contributed by atoms with Crippen molar-refractivity contribution in [3.63, 3.8) is 0 Å². The molecule has 88 valence electrons. The highest BCUT2D eigenvalue weighted by Gasteiger charge is 2.20. The molecule has 1 heterocycles. The molecule has 1 aromatic rings. The predicted molar refractivity (Wildman–Crippen MR) is 68.4 cm³/mol. The van der Waals surface area contributed by atoms with Gasteiger partial charge in [-0.15, -0.1) is 0 Å². The highest BCUT2D eigenvalue weighted by atomic mass is 16.5. The van der Waals surface area contributed by atoms with Crippen LogP contribution in [0.25, 0.3) is 0 Å². The molecule has 1 nitrogen and oxygen atoms in total. The van der Waals surface area contributed by atoms with E-state index in [9.17, 15) is 0 Å². The van der Waals surface area contributed by atoms with Crippen LogP contribution in [0.4, 0.5) is 0 Å². The first-order valence-corrected chi connectivity index (χ1v) is 6.39. The smallest absolute Gasteiger partial charge is 0.126 e. The van der Waals surface area contributed by atoms with Gasteiger partial charge in [-0.3, -0.25) is 0 Å². The van der Waals surface area contributed by atoms with Gasteiger partial charge < -0.3 is 4.74 Å². The van der Waals surface area contributed by atoms with Crippen LogP contribution in [0.15, 0.2) is 12.1 Å². The Morgan fingerprint density at radius 1 is 1.00 bits per heavy atom. The zero-order chi connectivity index (χ0) is 11.7. The number of hydrogen-bond donors (Lipinski definition) is 0. The number of rotatable bonds is 2. The minimum absolute atomic E-state index is 0.549. The van der Waals surface area contributed by atoms with Crippen LogP contribution in [0.5, 0.6) is 5.75 Å². The normalized spacial score (nSPS) is 15.1. The van der Waals surface area contributed by atoms with E-state index in [1.807, 2.05) is 0 Å². The average molecular weight is 218 g/mol. The molecule has 0 amide bonds. The van der Waals surface area contributed by atoms with Gasteiger partial charge in [0.25, 0.3) is 0 Å². The van der Waals surface area contributed by atoms with Crippen LogP contribution >= 0.6 is 0 Å². The minimum atomic E-state index is 0.549. The fraction of sp³-hybridized carbons (Fsp3) is 0.600. The fourth-order valence-corrected chi connectivity index (χ4v) is 2.51. The molecule has 0 fully saturated rings. The van der Waals surface area contributed by atoms with Crippen LogP contribution in [-0.2, 0) is 6.42 Å². The Morgan fingerprint density at radius 3 is 2.25 bits per heavy atom. The SMILES string of the molecule is CC(C)c1ccc(C(C)C)c2c1CCCO2. The molecule has 1 heteroatoms. The molecular weight excluding hydrogens is 196 g/mol. The Bertz CT molecular complexity index is 340. The topological polar surface area (TPSA) is 9.23 Å². The van der Waals surface area contributed by atoms with Gasteiger partial charge in [0.1, 0.15) is 5.75 Å². The Balaban J connectivity index is 2.54. The highest BCUT2D eigenvalue weighted by Crippen LogP contribution is 2.38. The summed E-state index contributed by atoms with van der Waals surface area (Å²) in [7, 11) is 0. The summed E-state index contributed by atoms with van der Waals surface area (Å²) >= 11 is 0. The van der Waals surface area contributed by atoms with Crippen molar-refractivity contribution < 1.29 is 4.74 Å². The van der Waals surface area contributed by atoms with Crippen LogP contribution in [0.3, 0.4) is 0 Å². The van der Waals surface area contributed by atoms with Crippen molar-refractivity contribution in [1.29, 1.82) is 0 Å². The third-order valence-corrected chi connectivity index (χ3v) is 3.39. The van der Waals surface area contributed by atoms with Crippen molar-refractivity contribution in [2.45, 2.75) is 52.4 Å². The maximum atomic E-state index is 5.91. The highest BCUT2D eigenvalue weighted by molar-refractivity contribution is 5.49. The van der Waals surface area contributed by atoms with Gasteiger partial charge in [-0.05, 0) is 41.4 Å². The summed E-state index contributed by atoms with van der Waals surface area (Å²) in [6.45, 7) is 9.89. The van der Waals surface area contributed by atoms with E-state index in [4.69, 9.17) is 4.74 Å². The monoisotopic (exact) mass is 218 g/mol. The maximum absolute atomic E-state index is 5.91. The van der Waals surface area contributed by atoms with Crippen LogP contribution in [-0.4, -0.2) is 6.61 Å². The number of ether oxygens (including phenoxy) is 1. The molecule has 0 aliphatic carbocycles. The van der Waals surface area contributed by atoms with Gasteiger partial charge in [-0.25, -0.2) is 0 Å². The van der Waals surface area contributed by atoms with Crippen molar-refractivity contribution in [2.75, 3.05) is 6.61 Å². The van der Waals surface area contributed by atoms with Crippen LogP contribution in [0, 0.1) is 0 Å². The zero-order valence-corrected chi connectivity index (χ0v) is 10.8. The molecule has 0 spiro atoms. The second-order valence-corrected chi connectivity index (χ2v) is 5.31. The van der Waals surface area contributed by atoms with Gasteiger partial charge in [0.15, 0.2) is 0 Å². The van der Waals surface area contributed by atoms with Gasteiger partial charge in [0.05, 0.1) is 6.61 Å². The van der Waals surface area contributed by atoms with Gasteiger partial charge in [-0.1, -0.05) is 39.8 Å². The molecule has 0 aromatic heterocycles. The third-order valence-electron chi connectivity index (χ3n) is 3.39. The lowest BCUT2D eigenvalue weighted by molar-refractivity contribution is 0.283. The lowest BCUT2D eigenvalue weighted by Gasteiger charge is -2.26. The molecule has 0 saturated carbocycles.